The van der Waals surface area contributed by atoms with Crippen molar-refractivity contribution in [1.82, 2.24) is 10.6 Å². The first-order chi connectivity index (χ1) is 6.70. The van der Waals surface area contributed by atoms with Gasteiger partial charge >= 0.3 is 0 Å². The van der Waals surface area contributed by atoms with E-state index in [2.05, 4.69) is 10.6 Å². The molecule has 0 saturated heterocycles. The molecule has 0 rings (SSSR count). The second-order valence-electron chi connectivity index (χ2n) is 2.56. The van der Waals surface area contributed by atoms with Crippen LogP contribution in [0.1, 0.15) is 6.92 Å². The van der Waals surface area contributed by atoms with Crippen LogP contribution in [0.3, 0.4) is 0 Å². The van der Waals surface area contributed by atoms with E-state index < -0.39 is 0 Å². The van der Waals surface area contributed by atoms with Gasteiger partial charge < -0.3 is 15.4 Å². The third kappa shape index (κ3) is 7.30. The molecule has 0 radical (unpaired) electrons. The summed E-state index contributed by atoms with van der Waals surface area (Å²) in [5, 5.41) is 5.01. The third-order valence-electron chi connectivity index (χ3n) is 1.37. The number of nitrogens with one attached hydrogen (secondary N) is 2. The first-order valence-electron chi connectivity index (χ1n) is 4.37. The van der Waals surface area contributed by atoms with Gasteiger partial charge in [-0.1, -0.05) is 6.08 Å². The van der Waals surface area contributed by atoms with E-state index in [4.69, 9.17) is 4.74 Å². The highest BCUT2D eigenvalue weighted by molar-refractivity contribution is 5.91. The maximum atomic E-state index is 11.0. The van der Waals surface area contributed by atoms with Crippen LogP contribution in [0.2, 0.25) is 0 Å². The molecule has 0 aromatic rings. The Labute approximate surface area is 83.5 Å². The molecular formula is C9H16N2O3. The molecule has 0 atom stereocenters. The number of carbonyl (C=O) groups is 2. The lowest BCUT2D eigenvalue weighted by atomic mass is 10.4. The van der Waals surface area contributed by atoms with Crippen molar-refractivity contribution in [1.29, 1.82) is 0 Å². The topological polar surface area (TPSA) is 67.4 Å². The van der Waals surface area contributed by atoms with Crippen LogP contribution in [0.5, 0.6) is 0 Å². The first kappa shape index (κ1) is 12.6. The summed E-state index contributed by atoms with van der Waals surface area (Å²) in [5.74, 6) is -0.491. The van der Waals surface area contributed by atoms with Crippen molar-refractivity contribution in [3.63, 3.8) is 0 Å². The normalized spacial score (nSPS) is 10.1. The molecule has 0 aliphatic heterocycles. The zero-order valence-corrected chi connectivity index (χ0v) is 8.50. The Kier molecular flexibility index (Phi) is 7.45. The van der Waals surface area contributed by atoms with Crippen LogP contribution in [-0.2, 0) is 14.3 Å². The zero-order valence-electron chi connectivity index (χ0n) is 8.50. The molecule has 0 saturated carbocycles. The molecule has 0 heterocycles. The van der Waals surface area contributed by atoms with E-state index in [-0.39, 0.29) is 18.4 Å². The molecule has 5 nitrogen and oxygen atoms in total. The summed E-state index contributed by atoms with van der Waals surface area (Å²) in [6.07, 6.45) is 2.97. The van der Waals surface area contributed by atoms with E-state index in [0.29, 0.717) is 13.2 Å². The van der Waals surface area contributed by atoms with Gasteiger partial charge in [-0.25, -0.2) is 0 Å². The van der Waals surface area contributed by atoms with Crippen molar-refractivity contribution in [3.05, 3.63) is 12.2 Å². The van der Waals surface area contributed by atoms with Gasteiger partial charge in [0.05, 0.1) is 13.2 Å². The Morgan fingerprint density at radius 3 is 2.64 bits per heavy atom. The van der Waals surface area contributed by atoms with Gasteiger partial charge in [0.2, 0.25) is 11.8 Å². The van der Waals surface area contributed by atoms with Crippen molar-refractivity contribution in [3.8, 4) is 0 Å². The van der Waals surface area contributed by atoms with Crippen molar-refractivity contribution in [2.45, 2.75) is 6.92 Å². The molecule has 0 bridgehead atoms. The van der Waals surface area contributed by atoms with E-state index >= 15 is 0 Å². The molecule has 5 heteroatoms. The lowest BCUT2D eigenvalue weighted by molar-refractivity contribution is -0.124. The van der Waals surface area contributed by atoms with Crippen LogP contribution in [0, 0.1) is 0 Å². The molecule has 2 amide bonds. The molecule has 0 fully saturated rings. The number of ether oxygens (including phenoxy) is 1. The smallest absolute Gasteiger partial charge is 0.244 e. The summed E-state index contributed by atoms with van der Waals surface area (Å²) in [6.45, 7) is 2.65. The Balaban J connectivity index is 3.48. The Hall–Kier alpha value is -1.36. The largest absolute Gasteiger partial charge is 0.383 e. The maximum absolute atomic E-state index is 11.0. The molecule has 0 aromatic carbocycles. The van der Waals surface area contributed by atoms with Crippen molar-refractivity contribution >= 4 is 11.8 Å². The summed E-state index contributed by atoms with van der Waals surface area (Å²) in [7, 11) is 1.56. The van der Waals surface area contributed by atoms with E-state index in [0.717, 1.165) is 0 Å². The summed E-state index contributed by atoms with van der Waals surface area (Å²) in [6, 6.07) is 0. The Morgan fingerprint density at radius 1 is 1.36 bits per heavy atom. The Morgan fingerprint density at radius 2 is 2.07 bits per heavy atom. The van der Waals surface area contributed by atoms with Crippen molar-refractivity contribution in [2.24, 2.45) is 0 Å². The number of methoxy groups -OCH3 is 1. The average Bonchev–Trinajstić information content (AvgIpc) is 2.16. The van der Waals surface area contributed by atoms with Gasteiger partial charge in [0, 0.05) is 13.7 Å². The van der Waals surface area contributed by atoms with Crippen LogP contribution in [0.4, 0.5) is 0 Å². The standard InChI is InChI=1S/C9H16N2O3/c1-3-4-8(12)11-7-9(13)10-5-6-14-2/h3-4H,5-7H2,1-2H3,(H,10,13)(H,11,12)/b4-3+. The minimum atomic E-state index is -0.269. The third-order valence-corrected chi connectivity index (χ3v) is 1.37. The van der Waals surface area contributed by atoms with E-state index in [1.165, 1.54) is 6.08 Å². The monoisotopic (exact) mass is 200 g/mol. The van der Waals surface area contributed by atoms with Crippen LogP contribution in [-0.4, -0.2) is 38.6 Å². The van der Waals surface area contributed by atoms with Crippen molar-refractivity contribution in [2.75, 3.05) is 26.8 Å². The minimum Gasteiger partial charge on any atom is -0.383 e. The van der Waals surface area contributed by atoms with Crippen molar-refractivity contribution < 1.29 is 14.3 Å². The molecule has 14 heavy (non-hydrogen) atoms. The average molecular weight is 200 g/mol. The summed E-state index contributed by atoms with van der Waals surface area (Å²) in [4.78, 5) is 21.9. The van der Waals surface area contributed by atoms with Gasteiger partial charge in [0.25, 0.3) is 0 Å². The molecule has 80 valence electrons. The molecule has 0 aromatic heterocycles. The number of allylic oxidation sites excluding steroid dienone is 1. The van der Waals surface area contributed by atoms with Crippen LogP contribution < -0.4 is 10.6 Å². The number of hydrogen-bond acceptors (Lipinski definition) is 3. The molecule has 2 N–H and O–H groups in total. The number of carbonyl (C=O) groups excluding carboxylic acids is 2. The molecule has 0 aliphatic carbocycles. The fourth-order valence-electron chi connectivity index (χ4n) is 0.733. The zero-order chi connectivity index (χ0) is 10.8. The van der Waals surface area contributed by atoms with Crippen LogP contribution in [0.15, 0.2) is 12.2 Å². The molecule has 0 spiro atoms. The van der Waals surface area contributed by atoms with Gasteiger partial charge in [-0.05, 0) is 13.0 Å². The summed E-state index contributed by atoms with van der Waals surface area (Å²) in [5.41, 5.74) is 0. The summed E-state index contributed by atoms with van der Waals surface area (Å²) < 4.78 is 4.74. The fourth-order valence-corrected chi connectivity index (χ4v) is 0.733. The predicted molar refractivity (Wildman–Crippen MR) is 52.7 cm³/mol. The lowest BCUT2D eigenvalue weighted by Gasteiger charge is -2.04. The maximum Gasteiger partial charge on any atom is 0.244 e. The number of amides is 2. The molecular weight excluding hydrogens is 184 g/mol. The van der Waals surface area contributed by atoms with Gasteiger partial charge in [0.15, 0.2) is 0 Å². The lowest BCUT2D eigenvalue weighted by Crippen LogP contribution is -2.37. The van der Waals surface area contributed by atoms with Gasteiger partial charge in [-0.2, -0.15) is 0 Å². The summed E-state index contributed by atoms with van der Waals surface area (Å²) >= 11 is 0. The van der Waals surface area contributed by atoms with Gasteiger partial charge in [-0.3, -0.25) is 9.59 Å². The van der Waals surface area contributed by atoms with E-state index in [1.54, 1.807) is 20.1 Å². The van der Waals surface area contributed by atoms with E-state index in [9.17, 15) is 9.59 Å². The first-order valence-corrected chi connectivity index (χ1v) is 4.37. The highest BCUT2D eigenvalue weighted by atomic mass is 16.5. The Bertz CT molecular complexity index is 214. The second kappa shape index (κ2) is 8.25. The van der Waals surface area contributed by atoms with E-state index in [1.807, 2.05) is 0 Å². The quantitative estimate of drug-likeness (QED) is 0.446. The predicted octanol–water partition coefficient (Wildman–Crippen LogP) is -0.559. The number of hydrogen-bond donors (Lipinski definition) is 2. The minimum absolute atomic E-state index is 0.00706. The van der Waals surface area contributed by atoms with Gasteiger partial charge in [-0.15, -0.1) is 0 Å². The fraction of sp³-hybridized carbons (Fsp3) is 0.556. The molecule has 0 unspecified atom stereocenters. The van der Waals surface area contributed by atoms with Crippen LogP contribution >= 0.6 is 0 Å². The molecule has 0 aliphatic rings. The number of rotatable bonds is 6. The SMILES string of the molecule is C/C=C/C(=O)NCC(=O)NCCOC. The van der Waals surface area contributed by atoms with Gasteiger partial charge in [0.1, 0.15) is 0 Å². The van der Waals surface area contributed by atoms with Crippen LogP contribution in [0.25, 0.3) is 0 Å². The highest BCUT2D eigenvalue weighted by Gasteiger charge is 2.01. The highest BCUT2D eigenvalue weighted by Crippen LogP contribution is 1.72. The second-order valence-corrected chi connectivity index (χ2v) is 2.56.